The topological polar surface area (TPSA) is 15.3 Å². The maximum Gasteiger partial charge on any atom is 0.0236 e. The molecular weight excluding hydrogens is 244 g/mol. The van der Waals surface area contributed by atoms with Gasteiger partial charge < -0.3 is 5.32 Å². The SMILES string of the molecule is CC(C)NCc1ccc(CN(CC2CC2)C2CC2)cc1. The first kappa shape index (κ1) is 14.1. The fourth-order valence-electron chi connectivity index (χ4n) is 2.73. The summed E-state index contributed by atoms with van der Waals surface area (Å²) in [6.45, 7) is 7.85. The van der Waals surface area contributed by atoms with Crippen LogP contribution in [0.1, 0.15) is 50.7 Å². The van der Waals surface area contributed by atoms with Crippen molar-refractivity contribution in [2.75, 3.05) is 6.54 Å². The van der Waals surface area contributed by atoms with E-state index >= 15 is 0 Å². The average molecular weight is 272 g/mol. The molecule has 2 aliphatic carbocycles. The lowest BCUT2D eigenvalue weighted by atomic mass is 10.1. The molecule has 0 radical (unpaired) electrons. The van der Waals surface area contributed by atoms with Crippen molar-refractivity contribution in [3.05, 3.63) is 35.4 Å². The van der Waals surface area contributed by atoms with Crippen LogP contribution in [-0.2, 0) is 13.1 Å². The molecule has 0 aromatic heterocycles. The molecule has 2 aliphatic rings. The molecule has 1 aromatic rings. The van der Waals surface area contributed by atoms with Crippen LogP contribution in [0.4, 0.5) is 0 Å². The summed E-state index contributed by atoms with van der Waals surface area (Å²) in [6, 6.07) is 10.6. The summed E-state index contributed by atoms with van der Waals surface area (Å²) < 4.78 is 0. The average Bonchev–Trinajstić information content (AvgIpc) is 3.29. The number of nitrogens with one attached hydrogen (secondary N) is 1. The van der Waals surface area contributed by atoms with Crippen LogP contribution >= 0.6 is 0 Å². The predicted molar refractivity (Wildman–Crippen MR) is 84.6 cm³/mol. The zero-order valence-electron chi connectivity index (χ0n) is 12.9. The van der Waals surface area contributed by atoms with Crippen molar-refractivity contribution in [2.24, 2.45) is 5.92 Å². The standard InChI is InChI=1S/C18H28N2/c1-14(2)19-11-15-3-5-16(6-4-15)12-20(18-9-10-18)13-17-7-8-17/h3-6,14,17-19H,7-13H2,1-2H3. The van der Waals surface area contributed by atoms with Crippen molar-refractivity contribution in [3.8, 4) is 0 Å². The van der Waals surface area contributed by atoms with E-state index in [1.165, 1.54) is 43.4 Å². The highest BCUT2D eigenvalue weighted by Gasteiger charge is 2.33. The van der Waals surface area contributed by atoms with Gasteiger partial charge in [-0.05, 0) is 42.7 Å². The Hall–Kier alpha value is -0.860. The second-order valence-electron chi connectivity index (χ2n) is 6.96. The molecule has 1 aromatic carbocycles. The third-order valence-corrected chi connectivity index (χ3v) is 4.38. The van der Waals surface area contributed by atoms with Crippen molar-refractivity contribution < 1.29 is 0 Å². The van der Waals surface area contributed by atoms with Crippen molar-refractivity contribution in [3.63, 3.8) is 0 Å². The van der Waals surface area contributed by atoms with Gasteiger partial charge in [-0.25, -0.2) is 0 Å². The molecule has 1 N–H and O–H groups in total. The summed E-state index contributed by atoms with van der Waals surface area (Å²) >= 11 is 0. The second kappa shape index (κ2) is 6.28. The first-order valence-corrected chi connectivity index (χ1v) is 8.26. The molecule has 2 nitrogen and oxygen atoms in total. The summed E-state index contributed by atoms with van der Waals surface area (Å²) in [6.07, 6.45) is 5.76. The smallest absolute Gasteiger partial charge is 0.0236 e. The largest absolute Gasteiger partial charge is 0.310 e. The van der Waals surface area contributed by atoms with Gasteiger partial charge in [0.05, 0.1) is 0 Å². The molecule has 0 heterocycles. The summed E-state index contributed by atoms with van der Waals surface area (Å²) in [5.41, 5.74) is 2.87. The minimum absolute atomic E-state index is 0.554. The van der Waals surface area contributed by atoms with Crippen LogP contribution in [-0.4, -0.2) is 23.5 Å². The Morgan fingerprint density at radius 2 is 1.70 bits per heavy atom. The van der Waals surface area contributed by atoms with Gasteiger partial charge in [-0.15, -0.1) is 0 Å². The van der Waals surface area contributed by atoms with E-state index in [0.717, 1.165) is 25.0 Å². The Morgan fingerprint density at radius 3 is 2.25 bits per heavy atom. The number of hydrogen-bond acceptors (Lipinski definition) is 2. The van der Waals surface area contributed by atoms with E-state index in [2.05, 4.69) is 48.3 Å². The minimum Gasteiger partial charge on any atom is -0.310 e. The number of benzene rings is 1. The Morgan fingerprint density at radius 1 is 1.05 bits per heavy atom. The molecule has 2 saturated carbocycles. The molecule has 0 spiro atoms. The molecule has 0 aliphatic heterocycles. The van der Waals surface area contributed by atoms with Gasteiger partial charge in [0.15, 0.2) is 0 Å². The van der Waals surface area contributed by atoms with Gasteiger partial charge in [-0.2, -0.15) is 0 Å². The molecular formula is C18H28N2. The lowest BCUT2D eigenvalue weighted by molar-refractivity contribution is 0.244. The maximum absolute atomic E-state index is 3.47. The summed E-state index contributed by atoms with van der Waals surface area (Å²) in [7, 11) is 0. The van der Waals surface area contributed by atoms with Crippen molar-refractivity contribution >= 4 is 0 Å². The van der Waals surface area contributed by atoms with Crippen LogP contribution in [0.25, 0.3) is 0 Å². The first-order valence-electron chi connectivity index (χ1n) is 8.26. The molecule has 110 valence electrons. The van der Waals surface area contributed by atoms with E-state index in [1.807, 2.05) is 0 Å². The van der Waals surface area contributed by atoms with E-state index in [0.29, 0.717) is 6.04 Å². The van der Waals surface area contributed by atoms with Crippen molar-refractivity contribution in [2.45, 2.75) is 64.7 Å². The van der Waals surface area contributed by atoms with Crippen molar-refractivity contribution in [1.82, 2.24) is 10.2 Å². The number of hydrogen-bond donors (Lipinski definition) is 1. The Balaban J connectivity index is 1.53. The fraction of sp³-hybridized carbons (Fsp3) is 0.667. The van der Waals surface area contributed by atoms with Gasteiger partial charge in [0.1, 0.15) is 0 Å². The lowest BCUT2D eigenvalue weighted by Gasteiger charge is -2.22. The van der Waals surface area contributed by atoms with Gasteiger partial charge in [0.2, 0.25) is 0 Å². The van der Waals surface area contributed by atoms with Crippen LogP contribution in [0.3, 0.4) is 0 Å². The summed E-state index contributed by atoms with van der Waals surface area (Å²) in [4.78, 5) is 2.72. The van der Waals surface area contributed by atoms with Gasteiger partial charge in [-0.3, -0.25) is 4.90 Å². The normalized spacial score (nSPS) is 19.0. The Labute approximate surface area is 123 Å². The summed E-state index contributed by atoms with van der Waals surface area (Å²) in [5, 5.41) is 3.47. The van der Waals surface area contributed by atoms with E-state index < -0.39 is 0 Å². The van der Waals surface area contributed by atoms with Gasteiger partial charge in [0.25, 0.3) is 0 Å². The monoisotopic (exact) mass is 272 g/mol. The molecule has 0 bridgehead atoms. The Kier molecular flexibility index (Phi) is 4.42. The molecule has 20 heavy (non-hydrogen) atoms. The highest BCUT2D eigenvalue weighted by atomic mass is 15.2. The van der Waals surface area contributed by atoms with Crippen LogP contribution < -0.4 is 5.32 Å². The van der Waals surface area contributed by atoms with Crippen LogP contribution in [0.2, 0.25) is 0 Å². The third-order valence-electron chi connectivity index (χ3n) is 4.38. The fourth-order valence-corrected chi connectivity index (χ4v) is 2.73. The molecule has 0 atom stereocenters. The molecule has 2 fully saturated rings. The highest BCUT2D eigenvalue weighted by Crippen LogP contribution is 2.35. The van der Waals surface area contributed by atoms with Gasteiger partial charge >= 0.3 is 0 Å². The molecule has 0 unspecified atom stereocenters. The number of rotatable bonds is 8. The molecule has 2 heteroatoms. The maximum atomic E-state index is 3.47. The van der Waals surface area contributed by atoms with Crippen LogP contribution in [0.5, 0.6) is 0 Å². The van der Waals surface area contributed by atoms with Crippen LogP contribution in [0.15, 0.2) is 24.3 Å². The predicted octanol–water partition coefficient (Wildman–Crippen LogP) is 3.56. The van der Waals surface area contributed by atoms with E-state index in [9.17, 15) is 0 Å². The Bertz CT molecular complexity index is 416. The van der Waals surface area contributed by atoms with Crippen LogP contribution in [0, 0.1) is 5.92 Å². The molecule has 3 rings (SSSR count). The van der Waals surface area contributed by atoms with Crippen molar-refractivity contribution in [1.29, 1.82) is 0 Å². The van der Waals surface area contributed by atoms with E-state index in [-0.39, 0.29) is 0 Å². The molecule has 0 amide bonds. The summed E-state index contributed by atoms with van der Waals surface area (Å²) in [5.74, 6) is 1.00. The highest BCUT2D eigenvalue weighted by molar-refractivity contribution is 5.22. The first-order chi connectivity index (χ1) is 9.70. The quantitative estimate of drug-likeness (QED) is 0.778. The van der Waals surface area contributed by atoms with E-state index in [1.54, 1.807) is 0 Å². The minimum atomic E-state index is 0.554. The van der Waals surface area contributed by atoms with Gasteiger partial charge in [0, 0.05) is 31.7 Å². The second-order valence-corrected chi connectivity index (χ2v) is 6.96. The zero-order valence-corrected chi connectivity index (χ0v) is 12.9. The third kappa shape index (κ3) is 4.32. The number of nitrogens with zero attached hydrogens (tertiary/aromatic N) is 1. The van der Waals surface area contributed by atoms with E-state index in [4.69, 9.17) is 0 Å². The molecule has 0 saturated heterocycles. The zero-order chi connectivity index (χ0) is 13.9. The lowest BCUT2D eigenvalue weighted by Crippen LogP contribution is -2.27. The van der Waals surface area contributed by atoms with Gasteiger partial charge in [-0.1, -0.05) is 38.1 Å².